The first-order chi connectivity index (χ1) is 12.9. The maximum atomic E-state index is 12.7. The molecule has 27 heavy (non-hydrogen) atoms. The number of aliphatic carboxylic acids is 1. The van der Waals surface area contributed by atoms with Crippen molar-refractivity contribution in [2.75, 3.05) is 11.9 Å². The highest BCUT2D eigenvalue weighted by molar-refractivity contribution is 5.98. The van der Waals surface area contributed by atoms with Crippen LogP contribution in [0.5, 0.6) is 0 Å². The first-order valence-electron chi connectivity index (χ1n) is 9.47. The number of carboxylic acids is 1. The number of benzene rings is 1. The molecule has 0 aromatic heterocycles. The van der Waals surface area contributed by atoms with Gasteiger partial charge in [-0.3, -0.25) is 14.4 Å². The lowest BCUT2D eigenvalue weighted by molar-refractivity contribution is -0.145. The lowest BCUT2D eigenvalue weighted by Gasteiger charge is -2.39. The summed E-state index contributed by atoms with van der Waals surface area (Å²) in [5.41, 5.74) is 0.126. The molecule has 3 rings (SSSR count). The van der Waals surface area contributed by atoms with E-state index in [1.54, 1.807) is 31.2 Å². The summed E-state index contributed by atoms with van der Waals surface area (Å²) in [6.45, 7) is 2.38. The van der Waals surface area contributed by atoms with E-state index in [0.29, 0.717) is 37.1 Å². The minimum Gasteiger partial charge on any atom is -0.481 e. The summed E-state index contributed by atoms with van der Waals surface area (Å²) in [7, 11) is 0. The van der Waals surface area contributed by atoms with Gasteiger partial charge in [0, 0.05) is 17.9 Å². The number of ether oxygens (including phenoxy) is 1. The summed E-state index contributed by atoms with van der Waals surface area (Å²) in [4.78, 5) is 36.5. The van der Waals surface area contributed by atoms with Gasteiger partial charge in [0.2, 0.25) is 0 Å². The minimum atomic E-state index is -0.880. The summed E-state index contributed by atoms with van der Waals surface area (Å²) in [6, 6.07) is 6.66. The molecule has 2 amide bonds. The van der Waals surface area contributed by atoms with Crippen LogP contribution >= 0.6 is 0 Å². The van der Waals surface area contributed by atoms with Crippen LogP contribution in [0.4, 0.5) is 5.69 Å². The number of carbonyl (C=O) groups excluding carboxylic acids is 2. The van der Waals surface area contributed by atoms with E-state index in [0.717, 1.165) is 19.3 Å². The highest BCUT2D eigenvalue weighted by Crippen LogP contribution is 2.34. The molecule has 2 fully saturated rings. The van der Waals surface area contributed by atoms with Crippen LogP contribution in [-0.2, 0) is 14.3 Å². The maximum absolute atomic E-state index is 12.7. The van der Waals surface area contributed by atoms with E-state index in [1.807, 2.05) is 0 Å². The Balaban J connectivity index is 1.69. The molecule has 1 saturated heterocycles. The SMILES string of the molecule is CC1(NC(=O)c2cccc(NC(=O)C3CCCO3)c2)CCCCC1C(=O)O. The molecule has 1 heterocycles. The normalized spacial score (nSPS) is 27.7. The third-order valence-corrected chi connectivity index (χ3v) is 5.52. The van der Waals surface area contributed by atoms with Gasteiger partial charge in [-0.2, -0.15) is 0 Å². The Morgan fingerprint density at radius 1 is 1.19 bits per heavy atom. The molecule has 7 heteroatoms. The molecule has 0 spiro atoms. The summed E-state index contributed by atoms with van der Waals surface area (Å²) in [5.74, 6) is -2.03. The second-order valence-electron chi connectivity index (χ2n) is 7.58. The van der Waals surface area contributed by atoms with Gasteiger partial charge in [-0.1, -0.05) is 18.9 Å². The standard InChI is InChI=1S/C20H26N2O5/c1-20(10-3-2-8-15(20)19(25)26)22-17(23)13-6-4-7-14(12-13)21-18(24)16-9-5-11-27-16/h4,6-7,12,15-16H,2-3,5,8-11H2,1H3,(H,21,24)(H,22,23)(H,25,26). The monoisotopic (exact) mass is 374 g/mol. The molecule has 0 radical (unpaired) electrons. The van der Waals surface area contributed by atoms with Crippen LogP contribution in [0.1, 0.15) is 55.8 Å². The third-order valence-electron chi connectivity index (χ3n) is 5.52. The van der Waals surface area contributed by atoms with Gasteiger partial charge in [0.1, 0.15) is 6.10 Å². The van der Waals surface area contributed by atoms with Crippen molar-refractivity contribution in [2.45, 2.75) is 57.1 Å². The van der Waals surface area contributed by atoms with Gasteiger partial charge >= 0.3 is 5.97 Å². The summed E-state index contributed by atoms with van der Waals surface area (Å²) >= 11 is 0. The third kappa shape index (κ3) is 4.47. The van der Waals surface area contributed by atoms with Crippen molar-refractivity contribution in [1.82, 2.24) is 5.32 Å². The van der Waals surface area contributed by atoms with Crippen LogP contribution in [0.25, 0.3) is 0 Å². The summed E-state index contributed by atoms with van der Waals surface area (Å²) in [6.07, 6.45) is 4.05. The fraction of sp³-hybridized carbons (Fsp3) is 0.550. The van der Waals surface area contributed by atoms with Crippen molar-refractivity contribution >= 4 is 23.5 Å². The van der Waals surface area contributed by atoms with E-state index < -0.39 is 23.5 Å². The van der Waals surface area contributed by atoms with Crippen molar-refractivity contribution in [2.24, 2.45) is 5.92 Å². The molecule has 1 saturated carbocycles. The molecule has 1 aliphatic heterocycles. The Morgan fingerprint density at radius 2 is 2.00 bits per heavy atom. The minimum absolute atomic E-state index is 0.213. The molecule has 1 aliphatic carbocycles. The second kappa shape index (κ2) is 8.08. The first kappa shape index (κ1) is 19.4. The second-order valence-corrected chi connectivity index (χ2v) is 7.58. The van der Waals surface area contributed by atoms with Gasteiger partial charge in [-0.05, 0) is 50.8 Å². The molecule has 3 N–H and O–H groups in total. The topological polar surface area (TPSA) is 105 Å². The van der Waals surface area contributed by atoms with E-state index in [-0.39, 0.29) is 11.8 Å². The predicted octanol–water partition coefficient (Wildman–Crippen LogP) is 2.57. The predicted molar refractivity (Wildman–Crippen MR) is 99.5 cm³/mol. The van der Waals surface area contributed by atoms with Gasteiger partial charge in [0.05, 0.1) is 11.5 Å². The summed E-state index contributed by atoms with van der Waals surface area (Å²) in [5, 5.41) is 15.2. The fourth-order valence-electron chi connectivity index (χ4n) is 3.96. The highest BCUT2D eigenvalue weighted by atomic mass is 16.5. The highest BCUT2D eigenvalue weighted by Gasteiger charge is 2.42. The van der Waals surface area contributed by atoms with Crippen LogP contribution in [0.15, 0.2) is 24.3 Å². The lowest BCUT2D eigenvalue weighted by Crippen LogP contribution is -2.55. The van der Waals surface area contributed by atoms with Crippen LogP contribution in [0.3, 0.4) is 0 Å². The van der Waals surface area contributed by atoms with E-state index in [9.17, 15) is 19.5 Å². The Hall–Kier alpha value is -2.41. The number of anilines is 1. The van der Waals surface area contributed by atoms with E-state index in [4.69, 9.17) is 4.74 Å². The van der Waals surface area contributed by atoms with Crippen LogP contribution in [-0.4, -0.2) is 41.1 Å². The molecule has 3 unspecified atom stereocenters. The zero-order valence-corrected chi connectivity index (χ0v) is 15.5. The Kier molecular flexibility index (Phi) is 5.79. The maximum Gasteiger partial charge on any atom is 0.308 e. The zero-order valence-electron chi connectivity index (χ0n) is 15.5. The van der Waals surface area contributed by atoms with Crippen molar-refractivity contribution in [1.29, 1.82) is 0 Å². The van der Waals surface area contributed by atoms with Gasteiger partial charge < -0.3 is 20.5 Å². The fourth-order valence-corrected chi connectivity index (χ4v) is 3.96. The number of amides is 2. The molecule has 3 atom stereocenters. The van der Waals surface area contributed by atoms with Crippen LogP contribution < -0.4 is 10.6 Å². The van der Waals surface area contributed by atoms with Crippen molar-refractivity contribution in [3.8, 4) is 0 Å². The van der Waals surface area contributed by atoms with E-state index >= 15 is 0 Å². The molecule has 1 aromatic rings. The number of nitrogens with one attached hydrogen (secondary N) is 2. The number of rotatable bonds is 5. The first-order valence-corrected chi connectivity index (χ1v) is 9.47. The van der Waals surface area contributed by atoms with Gasteiger partial charge in [0.25, 0.3) is 11.8 Å². The summed E-state index contributed by atoms with van der Waals surface area (Å²) < 4.78 is 5.37. The molecule has 0 bridgehead atoms. The van der Waals surface area contributed by atoms with E-state index in [1.165, 1.54) is 0 Å². The lowest BCUT2D eigenvalue weighted by atomic mass is 9.73. The number of hydrogen-bond donors (Lipinski definition) is 3. The van der Waals surface area contributed by atoms with Crippen molar-refractivity contribution in [3.05, 3.63) is 29.8 Å². The van der Waals surface area contributed by atoms with E-state index in [2.05, 4.69) is 10.6 Å². The number of carboxylic acid groups (broad SMARTS) is 1. The van der Waals surface area contributed by atoms with Gasteiger partial charge in [0.15, 0.2) is 0 Å². The molecule has 146 valence electrons. The Morgan fingerprint density at radius 3 is 2.70 bits per heavy atom. The van der Waals surface area contributed by atoms with Gasteiger partial charge in [-0.15, -0.1) is 0 Å². The van der Waals surface area contributed by atoms with Crippen molar-refractivity contribution in [3.63, 3.8) is 0 Å². The van der Waals surface area contributed by atoms with Crippen molar-refractivity contribution < 1.29 is 24.2 Å². The Bertz CT molecular complexity index is 729. The largest absolute Gasteiger partial charge is 0.481 e. The number of hydrogen-bond acceptors (Lipinski definition) is 4. The molecule has 2 aliphatic rings. The van der Waals surface area contributed by atoms with Crippen LogP contribution in [0, 0.1) is 5.92 Å². The average Bonchev–Trinajstić information content (AvgIpc) is 3.16. The molecule has 7 nitrogen and oxygen atoms in total. The Labute approximate surface area is 158 Å². The molecular weight excluding hydrogens is 348 g/mol. The van der Waals surface area contributed by atoms with Gasteiger partial charge in [-0.25, -0.2) is 0 Å². The molecule has 1 aromatic carbocycles. The number of carbonyl (C=O) groups is 3. The zero-order chi connectivity index (χ0) is 19.4. The van der Waals surface area contributed by atoms with Crippen LogP contribution in [0.2, 0.25) is 0 Å². The quantitative estimate of drug-likeness (QED) is 0.735. The average molecular weight is 374 g/mol. The smallest absolute Gasteiger partial charge is 0.308 e. The molecular formula is C20H26N2O5.